The average molecular weight is 365 g/mol. The van der Waals surface area contributed by atoms with Gasteiger partial charge in [-0.05, 0) is 24.1 Å². The molecule has 0 bridgehead atoms. The highest BCUT2D eigenvalue weighted by atomic mass is 16.5. The van der Waals surface area contributed by atoms with Crippen LogP contribution in [0, 0.1) is 0 Å². The van der Waals surface area contributed by atoms with Crippen LogP contribution in [0.3, 0.4) is 0 Å². The van der Waals surface area contributed by atoms with Crippen LogP contribution in [0.1, 0.15) is 29.8 Å². The second kappa shape index (κ2) is 6.49. The van der Waals surface area contributed by atoms with Crippen molar-refractivity contribution in [3.05, 3.63) is 41.2 Å². The van der Waals surface area contributed by atoms with Crippen molar-refractivity contribution in [3.63, 3.8) is 0 Å². The molecule has 0 aliphatic carbocycles. The predicted octanol–water partition coefficient (Wildman–Crippen LogP) is 1.79. The van der Waals surface area contributed by atoms with E-state index in [1.807, 2.05) is 0 Å². The van der Waals surface area contributed by atoms with E-state index in [2.05, 4.69) is 50.2 Å². The quantitative estimate of drug-likeness (QED) is 0.894. The predicted molar refractivity (Wildman–Crippen MR) is 102 cm³/mol. The Hall–Kier alpha value is -2.67. The molecular weight excluding hydrogens is 342 g/mol. The summed E-state index contributed by atoms with van der Waals surface area (Å²) >= 11 is 0. The van der Waals surface area contributed by atoms with Gasteiger partial charge in [-0.2, -0.15) is 0 Å². The van der Waals surface area contributed by atoms with Gasteiger partial charge in [0.1, 0.15) is 5.75 Å². The smallest absolute Gasteiger partial charge is 0.230 e. The summed E-state index contributed by atoms with van der Waals surface area (Å²) in [6.07, 6.45) is 3.09. The molecule has 1 aromatic heterocycles. The van der Waals surface area contributed by atoms with Crippen LogP contribution < -0.4 is 15.0 Å². The fourth-order valence-electron chi connectivity index (χ4n) is 4.11. The molecule has 1 N–H and O–H groups in total. The molecule has 3 aliphatic heterocycles. The number of benzene rings is 1. The molecule has 27 heavy (non-hydrogen) atoms. The standard InChI is InChI=1S/C20H23N5O2/c1-13(15-3-2-14-4-9-27-18(14)10-15)24-5-7-25(8-6-24)20-21-12-17-16(23-20)11-19(26)22-17/h2-3,10,12-13H,4-9,11H2,1H3,(H,22,26). The Kier molecular flexibility index (Phi) is 3.97. The number of nitrogens with zero attached hydrogens (tertiary/aromatic N) is 4. The van der Waals surface area contributed by atoms with Crippen molar-refractivity contribution >= 4 is 17.5 Å². The molecule has 1 unspecified atom stereocenters. The summed E-state index contributed by atoms with van der Waals surface area (Å²) in [6, 6.07) is 6.99. The molecule has 1 amide bonds. The number of ether oxygens (including phenoxy) is 1. The second-order valence-electron chi connectivity index (χ2n) is 7.42. The third kappa shape index (κ3) is 3.02. The number of hydrogen-bond acceptors (Lipinski definition) is 6. The van der Waals surface area contributed by atoms with Gasteiger partial charge in [-0.25, -0.2) is 9.97 Å². The molecular formula is C20H23N5O2. The van der Waals surface area contributed by atoms with E-state index < -0.39 is 0 Å². The van der Waals surface area contributed by atoms with Gasteiger partial charge in [0.05, 0.1) is 30.6 Å². The second-order valence-corrected chi connectivity index (χ2v) is 7.42. The largest absolute Gasteiger partial charge is 0.493 e. The van der Waals surface area contributed by atoms with Crippen molar-refractivity contribution < 1.29 is 9.53 Å². The zero-order valence-corrected chi connectivity index (χ0v) is 15.4. The van der Waals surface area contributed by atoms with Gasteiger partial charge in [0, 0.05) is 38.6 Å². The Morgan fingerprint density at radius 1 is 1.22 bits per heavy atom. The van der Waals surface area contributed by atoms with E-state index in [9.17, 15) is 4.79 Å². The summed E-state index contributed by atoms with van der Waals surface area (Å²) < 4.78 is 5.72. The van der Waals surface area contributed by atoms with Crippen molar-refractivity contribution in [2.75, 3.05) is 43.0 Å². The number of rotatable bonds is 3. The Labute approximate surface area is 158 Å². The molecule has 1 saturated heterocycles. The lowest BCUT2D eigenvalue weighted by Crippen LogP contribution is -2.47. The van der Waals surface area contributed by atoms with Crippen molar-refractivity contribution in [1.82, 2.24) is 14.9 Å². The molecule has 140 valence electrons. The van der Waals surface area contributed by atoms with E-state index in [4.69, 9.17) is 4.74 Å². The van der Waals surface area contributed by atoms with Gasteiger partial charge in [-0.15, -0.1) is 0 Å². The lowest BCUT2D eigenvalue weighted by molar-refractivity contribution is -0.115. The van der Waals surface area contributed by atoms with Gasteiger partial charge in [-0.1, -0.05) is 12.1 Å². The van der Waals surface area contributed by atoms with Gasteiger partial charge in [-0.3, -0.25) is 9.69 Å². The molecule has 7 nitrogen and oxygen atoms in total. The van der Waals surface area contributed by atoms with Crippen LogP contribution in [0.25, 0.3) is 0 Å². The number of hydrogen-bond donors (Lipinski definition) is 1. The first-order valence-corrected chi connectivity index (χ1v) is 9.58. The molecule has 2 aromatic rings. The number of piperazine rings is 1. The average Bonchev–Trinajstić information content (AvgIpc) is 3.31. The topological polar surface area (TPSA) is 70.6 Å². The third-order valence-electron chi connectivity index (χ3n) is 5.80. The van der Waals surface area contributed by atoms with E-state index >= 15 is 0 Å². The highest BCUT2D eigenvalue weighted by molar-refractivity contribution is 5.98. The molecule has 0 saturated carbocycles. The number of carbonyl (C=O) groups is 1. The fraction of sp³-hybridized carbons (Fsp3) is 0.450. The van der Waals surface area contributed by atoms with E-state index in [1.165, 1.54) is 11.1 Å². The highest BCUT2D eigenvalue weighted by Gasteiger charge is 2.26. The SMILES string of the molecule is CC(c1ccc2c(c1)OCC2)N1CCN(c2ncc3c(n2)CC(=O)N3)CC1. The Morgan fingerprint density at radius 3 is 2.93 bits per heavy atom. The molecule has 1 fully saturated rings. The first-order valence-electron chi connectivity index (χ1n) is 9.58. The van der Waals surface area contributed by atoms with Gasteiger partial charge in [0.25, 0.3) is 0 Å². The van der Waals surface area contributed by atoms with Crippen LogP contribution in [-0.4, -0.2) is 53.6 Å². The maximum absolute atomic E-state index is 11.5. The lowest BCUT2D eigenvalue weighted by Gasteiger charge is -2.38. The van der Waals surface area contributed by atoms with Crippen LogP contribution in [0.4, 0.5) is 11.6 Å². The normalized spacial score (nSPS) is 20.0. The Bertz CT molecular complexity index is 892. The van der Waals surface area contributed by atoms with Crippen LogP contribution in [0.15, 0.2) is 24.4 Å². The number of aromatic nitrogens is 2. The minimum absolute atomic E-state index is 0.00609. The van der Waals surface area contributed by atoms with Crippen LogP contribution in [0.2, 0.25) is 0 Å². The van der Waals surface area contributed by atoms with Gasteiger partial charge < -0.3 is 15.0 Å². The maximum atomic E-state index is 11.5. The summed E-state index contributed by atoms with van der Waals surface area (Å²) in [6.45, 7) is 6.73. The number of nitrogens with one attached hydrogen (secondary N) is 1. The van der Waals surface area contributed by atoms with Crippen molar-refractivity contribution in [3.8, 4) is 5.75 Å². The van der Waals surface area contributed by atoms with Crippen molar-refractivity contribution in [2.45, 2.75) is 25.8 Å². The highest BCUT2D eigenvalue weighted by Crippen LogP contribution is 2.31. The van der Waals surface area contributed by atoms with E-state index in [0.29, 0.717) is 12.5 Å². The maximum Gasteiger partial charge on any atom is 0.230 e. The van der Waals surface area contributed by atoms with E-state index in [-0.39, 0.29) is 5.91 Å². The first kappa shape index (κ1) is 16.5. The summed E-state index contributed by atoms with van der Waals surface area (Å²) in [5.74, 6) is 1.77. The van der Waals surface area contributed by atoms with Gasteiger partial charge >= 0.3 is 0 Å². The van der Waals surface area contributed by atoms with Gasteiger partial charge in [0.2, 0.25) is 11.9 Å². The van der Waals surface area contributed by atoms with Gasteiger partial charge in [0.15, 0.2) is 0 Å². The summed E-state index contributed by atoms with van der Waals surface area (Å²) in [4.78, 5) is 25.2. The molecule has 1 aromatic carbocycles. The zero-order valence-electron chi connectivity index (χ0n) is 15.4. The molecule has 5 rings (SSSR count). The van der Waals surface area contributed by atoms with E-state index in [1.54, 1.807) is 6.20 Å². The molecule has 0 spiro atoms. The van der Waals surface area contributed by atoms with Crippen molar-refractivity contribution in [1.29, 1.82) is 0 Å². The summed E-state index contributed by atoms with van der Waals surface area (Å²) in [5.41, 5.74) is 4.17. The molecule has 1 atom stereocenters. The summed E-state index contributed by atoms with van der Waals surface area (Å²) in [7, 11) is 0. The molecule has 4 heterocycles. The van der Waals surface area contributed by atoms with Crippen molar-refractivity contribution in [2.24, 2.45) is 0 Å². The third-order valence-corrected chi connectivity index (χ3v) is 5.80. The Balaban J connectivity index is 1.25. The number of amides is 1. The first-order chi connectivity index (χ1) is 13.2. The number of fused-ring (bicyclic) bond motifs is 2. The zero-order chi connectivity index (χ0) is 18.4. The molecule has 3 aliphatic rings. The molecule has 0 radical (unpaired) electrons. The van der Waals surface area contributed by atoms with E-state index in [0.717, 1.165) is 62.3 Å². The lowest BCUT2D eigenvalue weighted by atomic mass is 10.0. The minimum atomic E-state index is -0.00609. The summed E-state index contributed by atoms with van der Waals surface area (Å²) in [5, 5.41) is 2.78. The van der Waals surface area contributed by atoms with Crippen LogP contribution >= 0.6 is 0 Å². The monoisotopic (exact) mass is 365 g/mol. The molecule has 7 heteroatoms. The number of anilines is 2. The fourth-order valence-corrected chi connectivity index (χ4v) is 4.11. The van der Waals surface area contributed by atoms with Crippen LogP contribution in [0.5, 0.6) is 5.75 Å². The minimum Gasteiger partial charge on any atom is -0.493 e. The Morgan fingerprint density at radius 2 is 2.07 bits per heavy atom. The number of carbonyl (C=O) groups excluding carboxylic acids is 1. The van der Waals surface area contributed by atoms with Crippen LogP contribution in [-0.2, 0) is 17.6 Å².